The van der Waals surface area contributed by atoms with Gasteiger partial charge in [-0.1, -0.05) is 29.8 Å². The predicted octanol–water partition coefficient (Wildman–Crippen LogP) is 6.58. The van der Waals surface area contributed by atoms with Crippen molar-refractivity contribution in [3.05, 3.63) is 86.5 Å². The fraction of sp³-hybridized carbons (Fsp3) is 0.241. The summed E-state index contributed by atoms with van der Waals surface area (Å²) < 4.78 is 12.4. The van der Waals surface area contributed by atoms with Crippen molar-refractivity contribution in [2.75, 3.05) is 30.4 Å². The summed E-state index contributed by atoms with van der Waals surface area (Å²) in [6.45, 7) is 8.45. The maximum Gasteiger partial charge on any atom is 0.266 e. The minimum Gasteiger partial charge on any atom is -0.493 e. The molecule has 6 nitrogen and oxygen atoms in total. The topological polar surface area (TPSA) is 74.6 Å². The first-order chi connectivity index (χ1) is 17.4. The molecule has 0 atom stereocenters. The van der Waals surface area contributed by atoms with Gasteiger partial charge in [0.15, 0.2) is 11.5 Å². The van der Waals surface area contributed by atoms with E-state index in [-0.39, 0.29) is 5.57 Å². The van der Waals surface area contributed by atoms with Crippen LogP contribution in [0.1, 0.15) is 30.5 Å². The van der Waals surface area contributed by atoms with Gasteiger partial charge in [-0.05, 0) is 97.0 Å². The van der Waals surface area contributed by atoms with Crippen LogP contribution in [0.5, 0.6) is 11.5 Å². The molecular weight excluding hydrogens is 565 g/mol. The van der Waals surface area contributed by atoms with Gasteiger partial charge in [-0.2, -0.15) is 5.26 Å². The van der Waals surface area contributed by atoms with Gasteiger partial charge in [0.05, 0.1) is 10.7 Å². The monoisotopic (exact) mass is 595 g/mol. The fourth-order valence-electron chi connectivity index (χ4n) is 3.66. The van der Waals surface area contributed by atoms with E-state index >= 15 is 0 Å². The van der Waals surface area contributed by atoms with Crippen LogP contribution >= 0.6 is 22.6 Å². The van der Waals surface area contributed by atoms with Crippen LogP contribution in [0.4, 0.5) is 11.4 Å². The summed E-state index contributed by atoms with van der Waals surface area (Å²) in [6, 6.07) is 21.4. The smallest absolute Gasteiger partial charge is 0.266 e. The van der Waals surface area contributed by atoms with Crippen LogP contribution in [-0.4, -0.2) is 26.1 Å². The van der Waals surface area contributed by atoms with E-state index in [1.54, 1.807) is 19.3 Å². The maximum atomic E-state index is 12.8. The van der Waals surface area contributed by atoms with Crippen LogP contribution in [0.25, 0.3) is 6.08 Å². The molecule has 186 valence electrons. The van der Waals surface area contributed by atoms with Gasteiger partial charge in [0.25, 0.3) is 5.91 Å². The zero-order valence-corrected chi connectivity index (χ0v) is 23.1. The Morgan fingerprint density at radius 3 is 2.33 bits per heavy atom. The summed E-state index contributed by atoms with van der Waals surface area (Å²) >= 11 is 2.17. The maximum absolute atomic E-state index is 12.8. The third-order valence-electron chi connectivity index (χ3n) is 5.69. The number of halogens is 1. The molecule has 3 aromatic rings. The summed E-state index contributed by atoms with van der Waals surface area (Å²) in [7, 11) is 1.57. The minimum atomic E-state index is -0.471. The van der Waals surface area contributed by atoms with Crippen molar-refractivity contribution in [1.82, 2.24) is 0 Å². The predicted molar refractivity (Wildman–Crippen MR) is 153 cm³/mol. The fourth-order valence-corrected chi connectivity index (χ4v) is 4.44. The number of nitrogens with one attached hydrogen (secondary N) is 1. The number of anilines is 2. The van der Waals surface area contributed by atoms with Crippen molar-refractivity contribution in [3.63, 3.8) is 0 Å². The van der Waals surface area contributed by atoms with E-state index in [0.29, 0.717) is 29.4 Å². The van der Waals surface area contributed by atoms with Crippen molar-refractivity contribution < 1.29 is 14.3 Å². The Labute approximate surface area is 226 Å². The second-order valence-corrected chi connectivity index (χ2v) is 9.31. The van der Waals surface area contributed by atoms with Crippen molar-refractivity contribution >= 4 is 45.9 Å². The zero-order chi connectivity index (χ0) is 26.1. The number of carbonyl (C=O) groups is 1. The third kappa shape index (κ3) is 7.01. The number of aryl methyl sites for hydroxylation is 1. The van der Waals surface area contributed by atoms with E-state index < -0.39 is 5.91 Å². The number of methoxy groups -OCH3 is 1. The van der Waals surface area contributed by atoms with Crippen LogP contribution in [0.15, 0.2) is 66.2 Å². The molecule has 0 heterocycles. The second-order valence-electron chi connectivity index (χ2n) is 8.15. The highest BCUT2D eigenvalue weighted by Crippen LogP contribution is 2.35. The van der Waals surface area contributed by atoms with Gasteiger partial charge in [0.2, 0.25) is 0 Å². The highest BCUT2D eigenvalue weighted by atomic mass is 127. The first-order valence-corrected chi connectivity index (χ1v) is 12.8. The largest absolute Gasteiger partial charge is 0.493 e. The molecule has 0 saturated carbocycles. The van der Waals surface area contributed by atoms with E-state index in [4.69, 9.17) is 9.47 Å². The van der Waals surface area contributed by atoms with Crippen molar-refractivity contribution in [2.45, 2.75) is 27.4 Å². The van der Waals surface area contributed by atoms with Gasteiger partial charge in [-0.25, -0.2) is 0 Å². The van der Waals surface area contributed by atoms with E-state index in [1.807, 2.05) is 67.6 Å². The molecule has 3 aromatic carbocycles. The molecule has 0 unspecified atom stereocenters. The molecule has 0 bridgehead atoms. The van der Waals surface area contributed by atoms with Crippen LogP contribution in [0, 0.1) is 21.8 Å². The van der Waals surface area contributed by atoms with E-state index in [2.05, 4.69) is 46.7 Å². The molecular formula is C29H30IN3O3. The van der Waals surface area contributed by atoms with E-state index in [9.17, 15) is 10.1 Å². The Morgan fingerprint density at radius 2 is 1.75 bits per heavy atom. The number of amides is 1. The van der Waals surface area contributed by atoms with Gasteiger partial charge < -0.3 is 19.7 Å². The highest BCUT2D eigenvalue weighted by Gasteiger charge is 2.15. The summed E-state index contributed by atoms with van der Waals surface area (Å²) in [5, 5.41) is 12.5. The number of ether oxygens (including phenoxy) is 2. The number of hydrogen-bond acceptors (Lipinski definition) is 5. The summed E-state index contributed by atoms with van der Waals surface area (Å²) in [6.07, 6.45) is 1.55. The molecule has 0 saturated heterocycles. The quantitative estimate of drug-likeness (QED) is 0.163. The van der Waals surface area contributed by atoms with E-state index in [0.717, 1.165) is 27.9 Å². The lowest BCUT2D eigenvalue weighted by molar-refractivity contribution is -0.112. The number of carbonyl (C=O) groups excluding carboxylic acids is 1. The molecule has 1 N–H and O–H groups in total. The van der Waals surface area contributed by atoms with Gasteiger partial charge in [0.1, 0.15) is 18.2 Å². The van der Waals surface area contributed by atoms with Crippen molar-refractivity contribution in [1.29, 1.82) is 5.26 Å². The summed E-state index contributed by atoms with van der Waals surface area (Å²) in [5.74, 6) is 0.679. The SMILES string of the molecule is CCN(CC)c1ccc(NC(=O)/C(C#N)=C\c2cc(I)c(OCc3ccc(C)cc3)c(OC)c2)cc1. The number of nitriles is 1. The lowest BCUT2D eigenvalue weighted by Gasteiger charge is -2.21. The van der Waals surface area contributed by atoms with Gasteiger partial charge >= 0.3 is 0 Å². The molecule has 0 aliphatic carbocycles. The Morgan fingerprint density at radius 1 is 1.08 bits per heavy atom. The molecule has 0 aromatic heterocycles. The Balaban J connectivity index is 1.76. The molecule has 0 aliphatic rings. The number of hydrogen-bond donors (Lipinski definition) is 1. The summed E-state index contributed by atoms with van der Waals surface area (Å²) in [5.41, 5.74) is 4.62. The first-order valence-electron chi connectivity index (χ1n) is 11.7. The van der Waals surface area contributed by atoms with Crippen LogP contribution in [0.2, 0.25) is 0 Å². The molecule has 0 fully saturated rings. The first kappa shape index (κ1) is 27.1. The lowest BCUT2D eigenvalue weighted by atomic mass is 10.1. The molecule has 1 amide bonds. The van der Waals surface area contributed by atoms with Crippen LogP contribution in [-0.2, 0) is 11.4 Å². The molecule has 36 heavy (non-hydrogen) atoms. The standard InChI is InChI=1S/C29H30IN3O3/c1-5-33(6-2)25-13-11-24(12-14-25)32-29(34)23(18-31)15-22-16-26(30)28(27(17-22)35-4)36-19-21-9-7-20(3)8-10-21/h7-17H,5-6,19H2,1-4H3,(H,32,34)/b23-15-. The average Bonchev–Trinajstić information content (AvgIpc) is 2.88. The number of rotatable bonds is 10. The van der Waals surface area contributed by atoms with Gasteiger partial charge in [-0.3, -0.25) is 4.79 Å². The second kappa shape index (κ2) is 13.0. The number of benzene rings is 3. The normalized spacial score (nSPS) is 10.9. The summed E-state index contributed by atoms with van der Waals surface area (Å²) in [4.78, 5) is 15.0. The lowest BCUT2D eigenvalue weighted by Crippen LogP contribution is -2.21. The van der Waals surface area contributed by atoms with Crippen molar-refractivity contribution in [2.24, 2.45) is 0 Å². The Bertz CT molecular complexity index is 1260. The number of nitrogens with zero attached hydrogens (tertiary/aromatic N) is 2. The molecule has 3 rings (SSSR count). The minimum absolute atomic E-state index is 0.00556. The average molecular weight is 595 g/mol. The van der Waals surface area contributed by atoms with Crippen LogP contribution in [0.3, 0.4) is 0 Å². The Hall–Kier alpha value is -3.51. The zero-order valence-electron chi connectivity index (χ0n) is 21.0. The third-order valence-corrected chi connectivity index (χ3v) is 6.49. The van der Waals surface area contributed by atoms with Gasteiger partial charge in [-0.15, -0.1) is 0 Å². The molecule has 0 aliphatic heterocycles. The Kier molecular flexibility index (Phi) is 9.77. The van der Waals surface area contributed by atoms with Crippen molar-refractivity contribution in [3.8, 4) is 17.6 Å². The molecule has 7 heteroatoms. The van der Waals surface area contributed by atoms with Gasteiger partial charge in [0, 0.05) is 24.5 Å². The van der Waals surface area contributed by atoms with E-state index in [1.165, 1.54) is 5.56 Å². The molecule has 0 spiro atoms. The highest BCUT2D eigenvalue weighted by molar-refractivity contribution is 14.1. The van der Waals surface area contributed by atoms with Crippen LogP contribution < -0.4 is 19.7 Å². The molecule has 0 radical (unpaired) electrons.